The zero-order valence-corrected chi connectivity index (χ0v) is 8.54. The van der Waals surface area contributed by atoms with Gasteiger partial charge in [-0.05, 0) is 12.1 Å². The van der Waals surface area contributed by atoms with Crippen molar-refractivity contribution in [1.82, 2.24) is 14.5 Å². The molecule has 4 heteroatoms. The quantitative estimate of drug-likeness (QED) is 0.812. The molecule has 4 nitrogen and oxygen atoms in total. The summed E-state index contributed by atoms with van der Waals surface area (Å²) in [6, 6.07) is 5.51. The van der Waals surface area contributed by atoms with Crippen LogP contribution in [0.15, 0.2) is 36.8 Å². The van der Waals surface area contributed by atoms with Gasteiger partial charge in [0.25, 0.3) is 0 Å². The summed E-state index contributed by atoms with van der Waals surface area (Å²) in [5, 5.41) is 9.90. The first-order valence-corrected chi connectivity index (χ1v) is 4.82. The highest BCUT2D eigenvalue weighted by molar-refractivity contribution is 5.08. The summed E-state index contributed by atoms with van der Waals surface area (Å²) in [5.41, 5.74) is 0.681. The Balaban J connectivity index is 2.11. The molecule has 1 unspecified atom stereocenters. The topological polar surface area (TPSA) is 50.9 Å². The number of pyridine rings is 1. The number of aromatic nitrogens is 3. The maximum atomic E-state index is 9.90. The van der Waals surface area contributed by atoms with E-state index in [1.165, 1.54) is 0 Å². The number of nitrogens with zero attached hydrogens (tertiary/aromatic N) is 3. The lowest BCUT2D eigenvalue weighted by molar-refractivity contribution is 0.170. The molecule has 0 spiro atoms. The Morgan fingerprint density at radius 1 is 1.33 bits per heavy atom. The number of aryl methyl sites for hydroxylation is 1. The molecule has 0 aliphatic carbocycles. The van der Waals surface area contributed by atoms with Crippen LogP contribution in [0, 0.1) is 0 Å². The van der Waals surface area contributed by atoms with Crippen LogP contribution in [-0.4, -0.2) is 19.6 Å². The van der Waals surface area contributed by atoms with Crippen molar-refractivity contribution in [3.8, 4) is 0 Å². The van der Waals surface area contributed by atoms with Crippen LogP contribution >= 0.6 is 0 Å². The van der Waals surface area contributed by atoms with Crippen LogP contribution in [-0.2, 0) is 13.5 Å². The highest BCUT2D eigenvalue weighted by atomic mass is 16.3. The molecule has 0 saturated carbocycles. The molecule has 2 rings (SSSR count). The molecule has 0 bridgehead atoms. The Morgan fingerprint density at radius 2 is 2.20 bits per heavy atom. The van der Waals surface area contributed by atoms with Crippen molar-refractivity contribution < 1.29 is 5.11 Å². The van der Waals surface area contributed by atoms with E-state index in [4.69, 9.17) is 0 Å². The van der Waals surface area contributed by atoms with Gasteiger partial charge in [-0.3, -0.25) is 4.98 Å². The molecular formula is C11H13N3O. The molecule has 2 aromatic heterocycles. The van der Waals surface area contributed by atoms with Crippen molar-refractivity contribution in [1.29, 1.82) is 0 Å². The minimum atomic E-state index is -0.590. The SMILES string of the molecule is Cn1ccnc1CC(O)c1ccccn1. The fourth-order valence-electron chi connectivity index (χ4n) is 1.44. The first kappa shape index (κ1) is 9.86. The molecule has 0 aromatic carbocycles. The minimum Gasteiger partial charge on any atom is -0.386 e. The summed E-state index contributed by atoms with van der Waals surface area (Å²) in [6.07, 6.45) is 5.16. The van der Waals surface area contributed by atoms with E-state index in [2.05, 4.69) is 9.97 Å². The van der Waals surface area contributed by atoms with Crippen molar-refractivity contribution in [2.45, 2.75) is 12.5 Å². The highest BCUT2D eigenvalue weighted by Gasteiger charge is 2.11. The average Bonchev–Trinajstić information content (AvgIpc) is 2.66. The molecule has 1 N–H and O–H groups in total. The third kappa shape index (κ3) is 2.22. The highest BCUT2D eigenvalue weighted by Crippen LogP contribution is 2.14. The lowest BCUT2D eigenvalue weighted by Crippen LogP contribution is -2.07. The molecule has 0 fully saturated rings. The third-order valence-electron chi connectivity index (χ3n) is 2.33. The Bertz CT molecular complexity index is 424. The molecule has 2 aromatic rings. The number of aliphatic hydroxyl groups excluding tert-OH is 1. The summed E-state index contributed by atoms with van der Waals surface area (Å²) in [5.74, 6) is 0.855. The van der Waals surface area contributed by atoms with Gasteiger partial charge in [-0.2, -0.15) is 0 Å². The van der Waals surface area contributed by atoms with Crippen molar-refractivity contribution in [3.63, 3.8) is 0 Å². The Hall–Kier alpha value is -1.68. The summed E-state index contributed by atoms with van der Waals surface area (Å²) in [4.78, 5) is 8.26. The molecule has 0 amide bonds. The van der Waals surface area contributed by atoms with Crippen molar-refractivity contribution in [2.24, 2.45) is 7.05 Å². The first-order valence-electron chi connectivity index (χ1n) is 4.82. The normalized spacial score (nSPS) is 12.7. The van der Waals surface area contributed by atoms with E-state index in [1.807, 2.05) is 36.0 Å². The van der Waals surface area contributed by atoms with Crippen molar-refractivity contribution in [2.75, 3.05) is 0 Å². The number of aliphatic hydroxyl groups is 1. The van der Waals surface area contributed by atoms with Gasteiger partial charge in [-0.1, -0.05) is 6.07 Å². The molecule has 2 heterocycles. The number of imidazole rings is 1. The van der Waals surface area contributed by atoms with Gasteiger partial charge in [0.15, 0.2) is 0 Å². The van der Waals surface area contributed by atoms with Gasteiger partial charge in [0.05, 0.1) is 5.69 Å². The molecular weight excluding hydrogens is 190 g/mol. The summed E-state index contributed by atoms with van der Waals surface area (Å²) >= 11 is 0. The van der Waals surface area contributed by atoms with Gasteiger partial charge in [0.2, 0.25) is 0 Å². The van der Waals surface area contributed by atoms with Gasteiger partial charge in [0, 0.05) is 32.1 Å². The number of hydrogen-bond donors (Lipinski definition) is 1. The van der Waals surface area contributed by atoms with E-state index in [0.29, 0.717) is 12.1 Å². The van der Waals surface area contributed by atoms with Gasteiger partial charge < -0.3 is 9.67 Å². The smallest absolute Gasteiger partial charge is 0.111 e. The van der Waals surface area contributed by atoms with Crippen LogP contribution in [0.5, 0.6) is 0 Å². The van der Waals surface area contributed by atoms with Crippen LogP contribution in [0.25, 0.3) is 0 Å². The third-order valence-corrected chi connectivity index (χ3v) is 2.33. The number of rotatable bonds is 3. The maximum Gasteiger partial charge on any atom is 0.111 e. The minimum absolute atomic E-state index is 0.487. The summed E-state index contributed by atoms with van der Waals surface area (Å²) in [6.45, 7) is 0. The average molecular weight is 203 g/mol. The molecule has 1 atom stereocenters. The van der Waals surface area contributed by atoms with E-state index in [1.54, 1.807) is 12.4 Å². The fourth-order valence-corrected chi connectivity index (χ4v) is 1.44. The van der Waals surface area contributed by atoms with Crippen LogP contribution < -0.4 is 0 Å². The lowest BCUT2D eigenvalue weighted by Gasteiger charge is -2.09. The predicted octanol–water partition coefficient (Wildman–Crippen LogP) is 1.09. The molecule has 0 aliphatic rings. The fraction of sp³-hybridized carbons (Fsp3) is 0.273. The number of hydrogen-bond acceptors (Lipinski definition) is 3. The summed E-state index contributed by atoms with van der Waals surface area (Å²) in [7, 11) is 1.91. The van der Waals surface area contributed by atoms with Crippen molar-refractivity contribution >= 4 is 0 Å². The van der Waals surface area contributed by atoms with Gasteiger partial charge in [-0.15, -0.1) is 0 Å². The Kier molecular flexibility index (Phi) is 2.78. The van der Waals surface area contributed by atoms with Crippen LogP contribution in [0.1, 0.15) is 17.6 Å². The maximum absolute atomic E-state index is 9.90. The molecule has 15 heavy (non-hydrogen) atoms. The zero-order chi connectivity index (χ0) is 10.7. The van der Waals surface area contributed by atoms with Gasteiger partial charge in [0.1, 0.15) is 11.9 Å². The second kappa shape index (κ2) is 4.23. The molecule has 0 aliphatic heterocycles. The second-order valence-corrected chi connectivity index (χ2v) is 3.43. The van der Waals surface area contributed by atoms with E-state index in [0.717, 1.165) is 5.82 Å². The zero-order valence-electron chi connectivity index (χ0n) is 8.54. The lowest BCUT2D eigenvalue weighted by atomic mass is 10.1. The predicted molar refractivity (Wildman–Crippen MR) is 56.1 cm³/mol. The molecule has 0 radical (unpaired) electrons. The van der Waals surface area contributed by atoms with Gasteiger partial charge >= 0.3 is 0 Å². The monoisotopic (exact) mass is 203 g/mol. The Labute approximate surface area is 88.2 Å². The van der Waals surface area contributed by atoms with Crippen LogP contribution in [0.3, 0.4) is 0 Å². The van der Waals surface area contributed by atoms with Crippen LogP contribution in [0.2, 0.25) is 0 Å². The first-order chi connectivity index (χ1) is 7.27. The van der Waals surface area contributed by atoms with E-state index in [-0.39, 0.29) is 0 Å². The van der Waals surface area contributed by atoms with Crippen LogP contribution in [0.4, 0.5) is 0 Å². The van der Waals surface area contributed by atoms with E-state index < -0.39 is 6.10 Å². The van der Waals surface area contributed by atoms with E-state index >= 15 is 0 Å². The Morgan fingerprint density at radius 3 is 2.80 bits per heavy atom. The molecule has 0 saturated heterocycles. The second-order valence-electron chi connectivity index (χ2n) is 3.43. The van der Waals surface area contributed by atoms with Crippen molar-refractivity contribution in [3.05, 3.63) is 48.3 Å². The van der Waals surface area contributed by atoms with E-state index in [9.17, 15) is 5.11 Å². The van der Waals surface area contributed by atoms with Gasteiger partial charge in [-0.25, -0.2) is 4.98 Å². The largest absolute Gasteiger partial charge is 0.386 e. The molecule has 78 valence electrons. The standard InChI is InChI=1S/C11H13N3O/c1-14-7-6-13-11(14)8-10(15)9-4-2-3-5-12-9/h2-7,10,15H,8H2,1H3. The summed E-state index contributed by atoms with van der Waals surface area (Å²) < 4.78 is 1.90.